The van der Waals surface area contributed by atoms with E-state index in [1.54, 1.807) is 0 Å². The van der Waals surface area contributed by atoms with Gasteiger partial charge in [0.05, 0.1) is 19.6 Å². The Morgan fingerprint density at radius 3 is 1.15 bits per heavy atom. The highest BCUT2D eigenvalue weighted by Crippen LogP contribution is 2.37. The molecule has 0 aromatic heterocycles. The van der Waals surface area contributed by atoms with E-state index in [0.717, 1.165) is 64.3 Å². The summed E-state index contributed by atoms with van der Waals surface area (Å²) in [7, 11) is 4.25. The molecule has 0 radical (unpaired) electrons. The molecule has 0 heterocycles. The molecule has 352 valence electrons. The zero-order valence-corrected chi connectivity index (χ0v) is 41.0. The first-order valence-electron chi connectivity index (χ1n) is 25.3. The van der Waals surface area contributed by atoms with Crippen molar-refractivity contribution in [3.8, 4) is 0 Å². The topological polar surface area (TPSA) is 82.1 Å². The summed E-state index contributed by atoms with van der Waals surface area (Å²) < 4.78 is 16.3. The van der Waals surface area contributed by atoms with Gasteiger partial charge in [-0.1, -0.05) is 142 Å². The molecule has 0 aliphatic carbocycles. The van der Waals surface area contributed by atoms with Gasteiger partial charge in [-0.25, -0.2) is 0 Å². The molecule has 0 aromatic carbocycles. The molecule has 60 heavy (non-hydrogen) atoms. The molecule has 0 fully saturated rings. The lowest BCUT2D eigenvalue weighted by Crippen LogP contribution is -2.34. The second-order valence-electron chi connectivity index (χ2n) is 19.6. The minimum atomic E-state index is -0.0910. The normalized spacial score (nSPS) is 12.4. The lowest BCUT2D eigenvalue weighted by atomic mass is 9.73. The van der Waals surface area contributed by atoms with Crippen molar-refractivity contribution in [2.45, 2.75) is 253 Å². The zero-order chi connectivity index (χ0) is 44.6. The summed E-state index contributed by atoms with van der Waals surface area (Å²) >= 11 is 0. The Labute approximate surface area is 372 Å². The standard InChI is InChI=1S/C53H99NO6/c1-9-58-49(55)43-39-35-31-27-23-19-15-11-13-17-21-25-29-33-37-41-48(60-51(57)45-52(3,4)46-53(5,6)47-54(7)8)42-38-34-30-26-22-18-14-12-16-20-24-28-32-36-40-44-50(56)59-10-2/h11-12,15-16,48H,9-10,13-14,17-47H2,1-8H3/b15-11-,16-12-. The number of ether oxygens (including phenoxy) is 3. The van der Waals surface area contributed by atoms with E-state index in [1.165, 1.54) is 128 Å². The van der Waals surface area contributed by atoms with Gasteiger partial charge < -0.3 is 19.1 Å². The van der Waals surface area contributed by atoms with Gasteiger partial charge in [0, 0.05) is 19.4 Å². The molecule has 0 saturated heterocycles. The highest BCUT2D eigenvalue weighted by molar-refractivity contribution is 5.70. The Balaban J connectivity index is 4.35. The zero-order valence-electron chi connectivity index (χ0n) is 41.0. The third-order valence-corrected chi connectivity index (χ3v) is 11.4. The summed E-state index contributed by atoms with van der Waals surface area (Å²) in [4.78, 5) is 38.4. The molecular formula is C53H99NO6. The Hall–Kier alpha value is -2.15. The van der Waals surface area contributed by atoms with Gasteiger partial charge in [0.15, 0.2) is 0 Å². The van der Waals surface area contributed by atoms with Crippen LogP contribution in [0, 0.1) is 10.8 Å². The van der Waals surface area contributed by atoms with Crippen LogP contribution in [0.15, 0.2) is 24.3 Å². The van der Waals surface area contributed by atoms with E-state index in [9.17, 15) is 14.4 Å². The maximum Gasteiger partial charge on any atom is 0.306 e. The van der Waals surface area contributed by atoms with E-state index in [0.29, 0.717) is 32.5 Å². The predicted octanol–water partition coefficient (Wildman–Crippen LogP) is 15.2. The summed E-state index contributed by atoms with van der Waals surface area (Å²) in [5.41, 5.74) is 0.0508. The summed E-state index contributed by atoms with van der Waals surface area (Å²) in [6, 6.07) is 0. The van der Waals surface area contributed by atoms with Crippen LogP contribution in [0.3, 0.4) is 0 Å². The number of hydrogen-bond donors (Lipinski definition) is 0. The van der Waals surface area contributed by atoms with Gasteiger partial charge in [-0.3, -0.25) is 14.4 Å². The number of allylic oxidation sites excluding steroid dienone is 4. The number of carbonyl (C=O) groups is 3. The van der Waals surface area contributed by atoms with Gasteiger partial charge >= 0.3 is 17.9 Å². The summed E-state index contributed by atoms with van der Waals surface area (Å²) in [5.74, 6) is -0.127. The molecule has 0 saturated carbocycles. The van der Waals surface area contributed by atoms with Gasteiger partial charge in [0.1, 0.15) is 6.10 Å². The Morgan fingerprint density at radius 1 is 0.467 bits per heavy atom. The smallest absolute Gasteiger partial charge is 0.306 e. The molecule has 7 nitrogen and oxygen atoms in total. The van der Waals surface area contributed by atoms with Gasteiger partial charge in [-0.15, -0.1) is 0 Å². The van der Waals surface area contributed by atoms with Crippen LogP contribution in [0.1, 0.15) is 247 Å². The van der Waals surface area contributed by atoms with Crippen molar-refractivity contribution in [3.05, 3.63) is 24.3 Å². The number of rotatable bonds is 43. The third-order valence-electron chi connectivity index (χ3n) is 11.4. The molecular weight excluding hydrogens is 747 g/mol. The predicted molar refractivity (Wildman–Crippen MR) is 255 cm³/mol. The second-order valence-corrected chi connectivity index (χ2v) is 19.6. The van der Waals surface area contributed by atoms with Gasteiger partial charge in [0.2, 0.25) is 0 Å². The summed E-state index contributed by atoms with van der Waals surface area (Å²) in [6.07, 6.45) is 45.3. The lowest BCUT2D eigenvalue weighted by Gasteiger charge is -2.36. The molecule has 7 heteroatoms. The first kappa shape index (κ1) is 57.9. The number of hydrogen-bond acceptors (Lipinski definition) is 7. The lowest BCUT2D eigenvalue weighted by molar-refractivity contribution is -0.153. The van der Waals surface area contributed by atoms with Crippen LogP contribution in [0.5, 0.6) is 0 Å². The van der Waals surface area contributed by atoms with Crippen LogP contribution in [-0.4, -0.2) is 62.8 Å². The van der Waals surface area contributed by atoms with Crippen molar-refractivity contribution in [2.24, 2.45) is 10.8 Å². The van der Waals surface area contributed by atoms with Crippen LogP contribution in [-0.2, 0) is 28.6 Å². The number of nitrogens with zero attached hydrogens (tertiary/aromatic N) is 1. The van der Waals surface area contributed by atoms with E-state index in [4.69, 9.17) is 14.2 Å². The maximum absolute atomic E-state index is 13.3. The van der Waals surface area contributed by atoms with Crippen LogP contribution < -0.4 is 0 Å². The van der Waals surface area contributed by atoms with E-state index >= 15 is 0 Å². The van der Waals surface area contributed by atoms with Crippen molar-refractivity contribution in [1.82, 2.24) is 4.90 Å². The van der Waals surface area contributed by atoms with E-state index in [2.05, 4.69) is 71.0 Å². The Kier molecular flexibility index (Phi) is 38.3. The Bertz CT molecular complexity index is 1020. The fourth-order valence-corrected chi connectivity index (χ4v) is 8.89. The molecule has 0 spiro atoms. The molecule has 0 amide bonds. The van der Waals surface area contributed by atoms with Gasteiger partial charge in [0.25, 0.3) is 0 Å². The minimum absolute atomic E-state index is 0.0103. The molecule has 0 aliphatic heterocycles. The van der Waals surface area contributed by atoms with E-state index in [-0.39, 0.29) is 34.8 Å². The number of esters is 3. The summed E-state index contributed by atoms with van der Waals surface area (Å²) in [5, 5.41) is 0. The van der Waals surface area contributed by atoms with Crippen LogP contribution >= 0.6 is 0 Å². The average Bonchev–Trinajstić information content (AvgIpc) is 3.15. The van der Waals surface area contributed by atoms with Crippen LogP contribution in [0.2, 0.25) is 0 Å². The highest BCUT2D eigenvalue weighted by atomic mass is 16.5. The van der Waals surface area contributed by atoms with E-state index in [1.807, 2.05) is 13.8 Å². The average molecular weight is 846 g/mol. The van der Waals surface area contributed by atoms with Gasteiger partial charge in [-0.05, 0) is 135 Å². The highest BCUT2D eigenvalue weighted by Gasteiger charge is 2.32. The SMILES string of the molecule is CCOC(=O)CCCCCCC/C=C\CCCCCCCCC(CCCCCCCC/C=C\CCCCCCCC(=O)OCC)OC(=O)CC(C)(C)CC(C)(C)CN(C)C. The monoisotopic (exact) mass is 846 g/mol. The third kappa shape index (κ3) is 41.2. The van der Waals surface area contributed by atoms with Gasteiger partial charge in [-0.2, -0.15) is 0 Å². The molecule has 0 aromatic rings. The fraction of sp³-hybridized carbons (Fsp3) is 0.868. The molecule has 0 rings (SSSR count). The van der Waals surface area contributed by atoms with E-state index < -0.39 is 0 Å². The largest absolute Gasteiger partial charge is 0.466 e. The fourth-order valence-electron chi connectivity index (χ4n) is 8.89. The second kappa shape index (κ2) is 39.7. The van der Waals surface area contributed by atoms with Crippen molar-refractivity contribution in [2.75, 3.05) is 33.9 Å². The van der Waals surface area contributed by atoms with Crippen molar-refractivity contribution in [3.63, 3.8) is 0 Å². The summed E-state index contributed by atoms with van der Waals surface area (Å²) in [6.45, 7) is 14.8. The number of carbonyl (C=O) groups excluding carboxylic acids is 3. The Morgan fingerprint density at radius 2 is 0.800 bits per heavy atom. The van der Waals surface area contributed by atoms with Crippen LogP contribution in [0.25, 0.3) is 0 Å². The molecule has 0 bridgehead atoms. The first-order chi connectivity index (χ1) is 28.8. The molecule has 0 aliphatic rings. The van der Waals surface area contributed by atoms with Crippen molar-refractivity contribution >= 4 is 17.9 Å². The molecule has 0 unspecified atom stereocenters. The maximum atomic E-state index is 13.3. The van der Waals surface area contributed by atoms with Crippen molar-refractivity contribution < 1.29 is 28.6 Å². The number of unbranched alkanes of at least 4 members (excludes halogenated alkanes) is 22. The molecule has 0 atom stereocenters. The minimum Gasteiger partial charge on any atom is -0.466 e. The quantitative estimate of drug-likeness (QED) is 0.0262. The van der Waals surface area contributed by atoms with Crippen LogP contribution in [0.4, 0.5) is 0 Å². The van der Waals surface area contributed by atoms with Crippen molar-refractivity contribution in [1.29, 1.82) is 0 Å². The first-order valence-corrected chi connectivity index (χ1v) is 25.3. The molecule has 0 N–H and O–H groups in total.